The molecule has 3 aromatic rings. The lowest BCUT2D eigenvalue weighted by molar-refractivity contribution is 0.112. The van der Waals surface area contributed by atoms with Crippen molar-refractivity contribution >= 4 is 28.8 Å². The van der Waals surface area contributed by atoms with Crippen molar-refractivity contribution in [3.63, 3.8) is 0 Å². The van der Waals surface area contributed by atoms with Crippen LogP contribution in [0.25, 0.3) is 10.9 Å². The van der Waals surface area contributed by atoms with Crippen LogP contribution in [0.15, 0.2) is 54.6 Å². The molecule has 1 aromatic heterocycles. The molecular formula is C17H12ClNO2. The van der Waals surface area contributed by atoms with E-state index in [1.165, 1.54) is 0 Å². The van der Waals surface area contributed by atoms with Crippen LogP contribution >= 0.6 is 11.6 Å². The topological polar surface area (TPSA) is 39.2 Å². The van der Waals surface area contributed by atoms with E-state index in [-0.39, 0.29) is 5.15 Å². The molecular weight excluding hydrogens is 286 g/mol. The van der Waals surface area contributed by atoms with Crippen molar-refractivity contribution in [2.24, 2.45) is 0 Å². The highest BCUT2D eigenvalue weighted by molar-refractivity contribution is 6.32. The second kappa shape index (κ2) is 5.94. The van der Waals surface area contributed by atoms with Crippen LogP contribution < -0.4 is 4.74 Å². The zero-order valence-electron chi connectivity index (χ0n) is 11.1. The first kappa shape index (κ1) is 13.6. The second-order valence-electron chi connectivity index (χ2n) is 4.62. The van der Waals surface area contributed by atoms with Crippen LogP contribution in [0, 0.1) is 0 Å². The Kier molecular flexibility index (Phi) is 3.84. The van der Waals surface area contributed by atoms with E-state index in [4.69, 9.17) is 16.3 Å². The number of ether oxygens (including phenoxy) is 1. The maximum absolute atomic E-state index is 10.9. The molecule has 104 valence electrons. The van der Waals surface area contributed by atoms with Crippen LogP contribution in [0.1, 0.15) is 15.9 Å². The Morgan fingerprint density at radius 3 is 2.67 bits per heavy atom. The molecule has 0 spiro atoms. The number of aromatic nitrogens is 1. The van der Waals surface area contributed by atoms with Crippen molar-refractivity contribution in [2.45, 2.75) is 6.61 Å². The van der Waals surface area contributed by atoms with Gasteiger partial charge in [-0.1, -0.05) is 41.9 Å². The van der Waals surface area contributed by atoms with Crippen molar-refractivity contribution in [2.75, 3.05) is 0 Å². The van der Waals surface area contributed by atoms with Gasteiger partial charge in [0.1, 0.15) is 17.5 Å². The number of carbonyl (C=O) groups excluding carboxylic acids is 1. The highest BCUT2D eigenvalue weighted by atomic mass is 35.5. The van der Waals surface area contributed by atoms with Crippen LogP contribution in [0.2, 0.25) is 5.15 Å². The third-order valence-corrected chi connectivity index (χ3v) is 3.44. The average molecular weight is 298 g/mol. The number of fused-ring (bicyclic) bond motifs is 1. The number of halogens is 1. The maximum Gasteiger partial charge on any atom is 0.153 e. The van der Waals surface area contributed by atoms with E-state index in [0.29, 0.717) is 18.5 Å². The van der Waals surface area contributed by atoms with Crippen molar-refractivity contribution in [1.82, 2.24) is 4.98 Å². The van der Waals surface area contributed by atoms with E-state index >= 15 is 0 Å². The minimum Gasteiger partial charge on any atom is -0.489 e. The Balaban J connectivity index is 1.86. The van der Waals surface area contributed by atoms with Crippen molar-refractivity contribution < 1.29 is 9.53 Å². The summed E-state index contributed by atoms with van der Waals surface area (Å²) in [4.78, 5) is 15.1. The Morgan fingerprint density at radius 2 is 1.90 bits per heavy atom. The minimum atomic E-state index is 0.218. The van der Waals surface area contributed by atoms with Gasteiger partial charge in [-0.05, 0) is 29.8 Å². The maximum atomic E-state index is 10.9. The van der Waals surface area contributed by atoms with Gasteiger partial charge in [0.15, 0.2) is 6.29 Å². The summed E-state index contributed by atoms with van der Waals surface area (Å²) in [6.45, 7) is 0.494. The number of nitrogens with zero attached hydrogens (tertiary/aromatic N) is 1. The largest absolute Gasteiger partial charge is 0.489 e. The van der Waals surface area contributed by atoms with E-state index in [1.54, 1.807) is 6.07 Å². The third kappa shape index (κ3) is 3.03. The zero-order chi connectivity index (χ0) is 14.7. The monoisotopic (exact) mass is 297 g/mol. The zero-order valence-corrected chi connectivity index (χ0v) is 11.9. The fourth-order valence-electron chi connectivity index (χ4n) is 2.06. The van der Waals surface area contributed by atoms with Crippen molar-refractivity contribution in [1.29, 1.82) is 0 Å². The number of hydrogen-bond donors (Lipinski definition) is 0. The summed E-state index contributed by atoms with van der Waals surface area (Å²) in [5, 5.41) is 1.04. The van der Waals surface area contributed by atoms with Crippen LogP contribution in [-0.2, 0) is 6.61 Å². The molecule has 1 heterocycles. The molecule has 0 saturated carbocycles. The third-order valence-electron chi connectivity index (χ3n) is 3.14. The second-order valence-corrected chi connectivity index (χ2v) is 4.97. The number of aldehydes is 1. The summed E-state index contributed by atoms with van der Waals surface area (Å²) >= 11 is 5.91. The smallest absolute Gasteiger partial charge is 0.153 e. The summed E-state index contributed by atoms with van der Waals surface area (Å²) in [5.74, 6) is 0.729. The Bertz CT molecular complexity index is 787. The van der Waals surface area contributed by atoms with Gasteiger partial charge in [0.25, 0.3) is 0 Å². The molecule has 0 unspecified atom stereocenters. The average Bonchev–Trinajstić information content (AvgIpc) is 2.53. The summed E-state index contributed by atoms with van der Waals surface area (Å²) in [6, 6.07) is 17.2. The molecule has 0 bridgehead atoms. The van der Waals surface area contributed by atoms with Crippen LogP contribution in [0.3, 0.4) is 0 Å². The quantitative estimate of drug-likeness (QED) is 0.533. The molecule has 0 N–H and O–H groups in total. The predicted molar refractivity (Wildman–Crippen MR) is 82.9 cm³/mol. The molecule has 0 aliphatic rings. The van der Waals surface area contributed by atoms with Gasteiger partial charge in [0.2, 0.25) is 0 Å². The lowest BCUT2D eigenvalue weighted by Crippen LogP contribution is -1.95. The highest BCUT2D eigenvalue weighted by Crippen LogP contribution is 2.24. The summed E-state index contributed by atoms with van der Waals surface area (Å²) in [5.41, 5.74) is 2.21. The molecule has 0 radical (unpaired) electrons. The number of carbonyl (C=O) groups is 1. The molecule has 4 heteroatoms. The van der Waals surface area contributed by atoms with Crippen LogP contribution in [0.5, 0.6) is 5.75 Å². The normalized spacial score (nSPS) is 10.5. The Morgan fingerprint density at radius 1 is 1.10 bits per heavy atom. The molecule has 0 aliphatic heterocycles. The summed E-state index contributed by atoms with van der Waals surface area (Å²) in [6.07, 6.45) is 0.701. The molecule has 21 heavy (non-hydrogen) atoms. The fourth-order valence-corrected chi connectivity index (χ4v) is 2.25. The number of hydrogen-bond acceptors (Lipinski definition) is 3. The molecule has 0 saturated heterocycles. The van der Waals surface area contributed by atoms with Gasteiger partial charge in [0.05, 0.1) is 11.1 Å². The molecule has 0 amide bonds. The highest BCUT2D eigenvalue weighted by Gasteiger charge is 2.05. The molecule has 3 rings (SSSR count). The van der Waals surface area contributed by atoms with Gasteiger partial charge in [0, 0.05) is 5.39 Å². The summed E-state index contributed by atoms with van der Waals surface area (Å²) in [7, 11) is 0. The lowest BCUT2D eigenvalue weighted by atomic mass is 10.1. The molecule has 0 aliphatic carbocycles. The minimum absolute atomic E-state index is 0.218. The van der Waals surface area contributed by atoms with E-state index in [1.807, 2.05) is 48.5 Å². The van der Waals surface area contributed by atoms with Gasteiger partial charge in [-0.2, -0.15) is 0 Å². The number of pyridine rings is 1. The molecule has 2 aromatic carbocycles. The van der Waals surface area contributed by atoms with E-state index < -0.39 is 0 Å². The first-order chi connectivity index (χ1) is 10.3. The molecule has 3 nitrogen and oxygen atoms in total. The molecule has 0 atom stereocenters. The van der Waals surface area contributed by atoms with Gasteiger partial charge < -0.3 is 4.74 Å². The standard InChI is InChI=1S/C17H12ClNO2/c18-17-14(10-20)8-13-9-15(6-7-16(13)19-17)21-11-12-4-2-1-3-5-12/h1-10H,11H2. The predicted octanol–water partition coefficient (Wildman–Crippen LogP) is 4.28. The van der Waals surface area contributed by atoms with Gasteiger partial charge >= 0.3 is 0 Å². The van der Waals surface area contributed by atoms with Gasteiger partial charge in [-0.15, -0.1) is 0 Å². The summed E-state index contributed by atoms with van der Waals surface area (Å²) < 4.78 is 5.75. The van der Waals surface area contributed by atoms with E-state index in [0.717, 1.165) is 22.2 Å². The first-order valence-electron chi connectivity index (χ1n) is 6.48. The van der Waals surface area contributed by atoms with Gasteiger partial charge in [-0.3, -0.25) is 4.79 Å². The SMILES string of the molecule is O=Cc1cc2cc(OCc3ccccc3)ccc2nc1Cl. The number of benzene rings is 2. The molecule has 0 fully saturated rings. The van der Waals surface area contributed by atoms with Crippen molar-refractivity contribution in [3.8, 4) is 5.75 Å². The Hall–Kier alpha value is -2.39. The van der Waals surface area contributed by atoms with Crippen LogP contribution in [0.4, 0.5) is 0 Å². The number of rotatable bonds is 4. The van der Waals surface area contributed by atoms with Crippen LogP contribution in [-0.4, -0.2) is 11.3 Å². The first-order valence-corrected chi connectivity index (χ1v) is 6.86. The van der Waals surface area contributed by atoms with E-state index in [2.05, 4.69) is 4.98 Å². The fraction of sp³-hybridized carbons (Fsp3) is 0.0588. The van der Waals surface area contributed by atoms with E-state index in [9.17, 15) is 4.79 Å². The Labute approximate surface area is 127 Å². The van der Waals surface area contributed by atoms with Crippen molar-refractivity contribution in [3.05, 3.63) is 70.9 Å². The lowest BCUT2D eigenvalue weighted by Gasteiger charge is -2.08. The van der Waals surface area contributed by atoms with Gasteiger partial charge in [-0.25, -0.2) is 4.98 Å².